The lowest BCUT2D eigenvalue weighted by atomic mass is 9.79. The number of aryl methyl sites for hydroxylation is 1. The molecule has 0 saturated carbocycles. The standard InChI is InChI=1S/C27H25N9O2/c1-3-22(37)36-15-27(16-36)7-10-35(14-27)25-18(11-28)24(23-17(2)5-6-20-19(23)12-31-34-20)32-26(33-25)38-13-21-29-8-4-9-30-21/h3-6,8-9,12H,1,7,10,13-16H2,2H3,(H,31,34). The highest BCUT2D eigenvalue weighted by Gasteiger charge is 2.49. The number of fused-ring (bicyclic) bond motifs is 1. The fourth-order valence-corrected chi connectivity index (χ4v) is 5.40. The maximum absolute atomic E-state index is 12.0. The van der Waals surface area contributed by atoms with Crippen LogP contribution in [0.1, 0.15) is 23.4 Å². The first kappa shape index (κ1) is 23.5. The molecule has 0 radical (unpaired) electrons. The molecule has 4 aromatic rings. The minimum atomic E-state index is -0.0568. The third-order valence-corrected chi connectivity index (χ3v) is 7.28. The summed E-state index contributed by atoms with van der Waals surface area (Å²) in [6.07, 6.45) is 7.27. The van der Waals surface area contributed by atoms with E-state index in [4.69, 9.17) is 14.7 Å². The van der Waals surface area contributed by atoms with Crippen LogP contribution in [0.25, 0.3) is 22.2 Å². The predicted octanol–water partition coefficient (Wildman–Crippen LogP) is 2.79. The zero-order valence-corrected chi connectivity index (χ0v) is 20.9. The van der Waals surface area contributed by atoms with Crippen molar-refractivity contribution in [2.45, 2.75) is 20.0 Å². The lowest BCUT2D eigenvalue weighted by Gasteiger charge is -2.47. The van der Waals surface area contributed by atoms with Crippen LogP contribution in [0.15, 0.2) is 49.4 Å². The van der Waals surface area contributed by atoms with Gasteiger partial charge in [-0.05, 0) is 37.1 Å². The summed E-state index contributed by atoms with van der Waals surface area (Å²) < 4.78 is 5.97. The largest absolute Gasteiger partial charge is 0.455 e. The number of aromatic amines is 1. The van der Waals surface area contributed by atoms with Crippen molar-refractivity contribution in [2.75, 3.05) is 31.1 Å². The van der Waals surface area contributed by atoms with E-state index in [1.165, 1.54) is 6.08 Å². The van der Waals surface area contributed by atoms with Gasteiger partial charge in [-0.2, -0.15) is 20.3 Å². The van der Waals surface area contributed by atoms with E-state index in [1.807, 2.05) is 19.1 Å². The van der Waals surface area contributed by atoms with Crippen LogP contribution >= 0.6 is 0 Å². The van der Waals surface area contributed by atoms with Crippen LogP contribution in [-0.4, -0.2) is 67.1 Å². The summed E-state index contributed by atoms with van der Waals surface area (Å²) in [5.74, 6) is 0.962. The van der Waals surface area contributed by atoms with Gasteiger partial charge in [0.1, 0.15) is 11.6 Å². The molecule has 2 fully saturated rings. The van der Waals surface area contributed by atoms with Crippen molar-refractivity contribution in [3.05, 3.63) is 66.4 Å². The van der Waals surface area contributed by atoms with Gasteiger partial charge in [0.2, 0.25) is 5.91 Å². The average molecular weight is 508 g/mol. The van der Waals surface area contributed by atoms with Gasteiger partial charge < -0.3 is 14.5 Å². The van der Waals surface area contributed by atoms with E-state index < -0.39 is 0 Å². The zero-order chi connectivity index (χ0) is 26.3. The van der Waals surface area contributed by atoms with E-state index in [-0.39, 0.29) is 23.9 Å². The van der Waals surface area contributed by atoms with Gasteiger partial charge in [-0.1, -0.05) is 12.6 Å². The molecule has 1 aromatic carbocycles. The topological polar surface area (TPSA) is 137 Å². The highest BCUT2D eigenvalue weighted by molar-refractivity contribution is 5.97. The van der Waals surface area contributed by atoms with Crippen LogP contribution in [0.3, 0.4) is 0 Å². The van der Waals surface area contributed by atoms with Crippen molar-refractivity contribution in [1.29, 1.82) is 5.26 Å². The molecule has 1 N–H and O–H groups in total. The quantitative estimate of drug-likeness (QED) is 0.391. The number of hydrogen-bond donors (Lipinski definition) is 1. The first-order chi connectivity index (χ1) is 18.5. The van der Waals surface area contributed by atoms with Crippen LogP contribution in [0.5, 0.6) is 6.01 Å². The van der Waals surface area contributed by atoms with Gasteiger partial charge in [0.05, 0.1) is 17.4 Å². The highest BCUT2D eigenvalue weighted by atomic mass is 16.5. The third kappa shape index (κ3) is 4.00. The van der Waals surface area contributed by atoms with E-state index in [9.17, 15) is 10.1 Å². The number of nitrogens with one attached hydrogen (secondary N) is 1. The number of ether oxygens (including phenoxy) is 1. The molecule has 0 aliphatic carbocycles. The van der Waals surface area contributed by atoms with Gasteiger partial charge in [0.15, 0.2) is 18.2 Å². The number of H-pyrrole nitrogens is 1. The molecular formula is C27H25N9O2. The molecule has 6 rings (SSSR count). The lowest BCUT2D eigenvalue weighted by molar-refractivity contribution is -0.136. The van der Waals surface area contributed by atoms with Gasteiger partial charge in [-0.15, -0.1) is 0 Å². The number of nitrogens with zero attached hydrogens (tertiary/aromatic N) is 8. The van der Waals surface area contributed by atoms with Crippen molar-refractivity contribution >= 4 is 22.6 Å². The third-order valence-electron chi connectivity index (χ3n) is 7.28. The second-order valence-electron chi connectivity index (χ2n) is 9.78. The Bertz CT molecular complexity index is 1590. The second kappa shape index (κ2) is 9.23. The predicted molar refractivity (Wildman–Crippen MR) is 139 cm³/mol. The van der Waals surface area contributed by atoms with Crippen molar-refractivity contribution in [3.8, 4) is 23.3 Å². The molecule has 190 valence electrons. The van der Waals surface area contributed by atoms with Crippen LogP contribution in [0.2, 0.25) is 0 Å². The van der Waals surface area contributed by atoms with Crippen molar-refractivity contribution in [3.63, 3.8) is 0 Å². The maximum atomic E-state index is 12.0. The van der Waals surface area contributed by atoms with Crippen LogP contribution in [-0.2, 0) is 11.4 Å². The Hall–Kier alpha value is -4.85. The summed E-state index contributed by atoms with van der Waals surface area (Å²) >= 11 is 0. The normalized spacial score (nSPS) is 15.9. The Kier molecular flexibility index (Phi) is 5.72. The number of anilines is 1. The van der Waals surface area contributed by atoms with Crippen molar-refractivity contribution < 1.29 is 9.53 Å². The van der Waals surface area contributed by atoms with Gasteiger partial charge in [0.25, 0.3) is 0 Å². The number of carbonyl (C=O) groups excluding carboxylic acids is 1. The number of rotatable bonds is 6. The minimum absolute atomic E-state index is 0.0318. The molecule has 11 heteroatoms. The van der Waals surface area contributed by atoms with E-state index >= 15 is 0 Å². The Labute approximate surface area is 218 Å². The number of amides is 1. The molecule has 11 nitrogen and oxygen atoms in total. The Balaban J connectivity index is 1.41. The molecule has 2 aliphatic rings. The number of carbonyl (C=O) groups is 1. The van der Waals surface area contributed by atoms with E-state index in [0.29, 0.717) is 49.1 Å². The number of hydrogen-bond acceptors (Lipinski definition) is 9. The molecule has 38 heavy (non-hydrogen) atoms. The molecule has 0 unspecified atom stereocenters. The molecule has 0 atom stereocenters. The molecule has 3 aromatic heterocycles. The van der Waals surface area contributed by atoms with Gasteiger partial charge in [0, 0.05) is 54.9 Å². The summed E-state index contributed by atoms with van der Waals surface area (Å²) in [6, 6.07) is 8.17. The Morgan fingerprint density at radius 1 is 1.26 bits per heavy atom. The van der Waals surface area contributed by atoms with Gasteiger partial charge >= 0.3 is 6.01 Å². The summed E-state index contributed by atoms with van der Waals surface area (Å²) in [4.78, 5) is 33.8. The van der Waals surface area contributed by atoms with E-state index in [2.05, 4.69) is 37.7 Å². The number of benzene rings is 1. The first-order valence-corrected chi connectivity index (χ1v) is 12.3. The summed E-state index contributed by atoms with van der Waals surface area (Å²) in [5.41, 5.74) is 3.43. The Morgan fingerprint density at radius 3 is 2.84 bits per heavy atom. The zero-order valence-electron chi connectivity index (χ0n) is 20.9. The summed E-state index contributed by atoms with van der Waals surface area (Å²) in [7, 11) is 0. The maximum Gasteiger partial charge on any atom is 0.319 e. The molecule has 1 spiro atoms. The van der Waals surface area contributed by atoms with Gasteiger partial charge in [-0.25, -0.2) is 9.97 Å². The number of nitriles is 1. The summed E-state index contributed by atoms with van der Waals surface area (Å²) in [6.45, 7) is 8.37. The van der Waals surface area contributed by atoms with Gasteiger partial charge in [-0.3, -0.25) is 9.89 Å². The van der Waals surface area contributed by atoms with E-state index in [0.717, 1.165) is 28.5 Å². The second-order valence-corrected chi connectivity index (χ2v) is 9.78. The first-order valence-electron chi connectivity index (χ1n) is 12.3. The monoisotopic (exact) mass is 507 g/mol. The van der Waals surface area contributed by atoms with Crippen LogP contribution in [0, 0.1) is 23.7 Å². The Morgan fingerprint density at radius 2 is 2.08 bits per heavy atom. The highest BCUT2D eigenvalue weighted by Crippen LogP contribution is 2.43. The smallest absolute Gasteiger partial charge is 0.319 e. The van der Waals surface area contributed by atoms with Crippen molar-refractivity contribution in [1.82, 2.24) is 35.0 Å². The summed E-state index contributed by atoms with van der Waals surface area (Å²) in [5, 5.41) is 18.4. The average Bonchev–Trinajstić information content (AvgIpc) is 3.58. The van der Waals surface area contributed by atoms with Crippen molar-refractivity contribution in [2.24, 2.45) is 5.41 Å². The van der Waals surface area contributed by atoms with Crippen LogP contribution < -0.4 is 9.64 Å². The fraction of sp³-hybridized carbons (Fsp3) is 0.296. The molecule has 2 saturated heterocycles. The molecule has 2 aliphatic heterocycles. The van der Waals surface area contributed by atoms with E-state index in [1.54, 1.807) is 29.6 Å². The SMILES string of the molecule is C=CC(=O)N1CC2(CCN(c3nc(OCc4ncccn4)nc(-c4c(C)ccc5[nH]ncc45)c3C#N)C2)C1. The molecule has 1 amide bonds. The van der Waals surface area contributed by atoms with Crippen LogP contribution in [0.4, 0.5) is 5.82 Å². The molecule has 5 heterocycles. The minimum Gasteiger partial charge on any atom is -0.455 e. The number of aromatic nitrogens is 6. The fourth-order valence-electron chi connectivity index (χ4n) is 5.40. The molecular weight excluding hydrogens is 482 g/mol. The molecule has 0 bridgehead atoms. The lowest BCUT2D eigenvalue weighted by Crippen LogP contribution is -2.59. The number of likely N-dealkylation sites (tertiary alicyclic amines) is 1.